The average Bonchev–Trinajstić information content (AvgIpc) is 3.46. The predicted molar refractivity (Wildman–Crippen MR) is 108 cm³/mol. The molecule has 0 radical (unpaired) electrons. The van der Waals surface area contributed by atoms with Crippen molar-refractivity contribution in [1.82, 2.24) is 30.2 Å². The first kappa shape index (κ1) is 17.6. The number of thioether (sulfide) groups is 1. The van der Waals surface area contributed by atoms with Gasteiger partial charge in [-0.3, -0.25) is 4.79 Å². The van der Waals surface area contributed by atoms with Gasteiger partial charge in [0.25, 0.3) is 5.56 Å². The molecule has 0 amide bonds. The highest BCUT2D eigenvalue weighted by atomic mass is 32.2. The van der Waals surface area contributed by atoms with Crippen molar-refractivity contribution in [3.63, 3.8) is 0 Å². The molecule has 10 heteroatoms. The molecule has 1 aliphatic rings. The first-order valence-electron chi connectivity index (χ1n) is 9.20. The number of nitrogens with one attached hydrogen (secondary N) is 1. The van der Waals surface area contributed by atoms with E-state index in [0.29, 0.717) is 27.8 Å². The maximum absolute atomic E-state index is 12.8. The van der Waals surface area contributed by atoms with Gasteiger partial charge < -0.3 is 9.40 Å². The Kier molecular flexibility index (Phi) is 4.52. The molecule has 1 atom stereocenters. The minimum Gasteiger partial charge on any atom is -0.464 e. The zero-order chi connectivity index (χ0) is 19.1. The molecule has 1 fully saturated rings. The second kappa shape index (κ2) is 7.17. The van der Waals surface area contributed by atoms with E-state index in [9.17, 15) is 4.79 Å². The van der Waals surface area contributed by atoms with Crippen LogP contribution in [-0.2, 0) is 0 Å². The summed E-state index contributed by atoms with van der Waals surface area (Å²) in [7, 11) is 0. The van der Waals surface area contributed by atoms with E-state index < -0.39 is 0 Å². The molecule has 1 saturated carbocycles. The van der Waals surface area contributed by atoms with Crippen molar-refractivity contribution in [2.45, 2.75) is 49.1 Å². The highest BCUT2D eigenvalue weighted by molar-refractivity contribution is 7.99. The Morgan fingerprint density at radius 2 is 2.25 bits per heavy atom. The molecule has 28 heavy (non-hydrogen) atoms. The predicted octanol–water partition coefficient (Wildman–Crippen LogP) is 4.20. The van der Waals surface area contributed by atoms with Gasteiger partial charge in [0.2, 0.25) is 5.16 Å². The van der Waals surface area contributed by atoms with Gasteiger partial charge in [-0.1, -0.05) is 24.6 Å². The fourth-order valence-electron chi connectivity index (χ4n) is 3.63. The first-order chi connectivity index (χ1) is 13.7. The second-order valence-corrected chi connectivity index (χ2v) is 9.03. The van der Waals surface area contributed by atoms with Gasteiger partial charge in [0, 0.05) is 10.9 Å². The van der Waals surface area contributed by atoms with Crippen molar-refractivity contribution in [1.29, 1.82) is 0 Å². The molecule has 5 rings (SSSR count). The monoisotopic (exact) mass is 414 g/mol. The number of furan rings is 1. The number of fused-ring (bicyclic) bond motifs is 1. The number of rotatable bonds is 5. The lowest BCUT2D eigenvalue weighted by Crippen LogP contribution is -2.13. The SMILES string of the molecule is C[C@@H](Sc1nnnn1C1CCCC1)c1nc2scc(-c3ccco3)c2c(=O)[nH]1. The number of tetrazole rings is 1. The number of hydrogen-bond acceptors (Lipinski definition) is 8. The summed E-state index contributed by atoms with van der Waals surface area (Å²) in [4.78, 5) is 21.1. The highest BCUT2D eigenvalue weighted by Crippen LogP contribution is 2.37. The molecule has 0 aliphatic heterocycles. The number of thiophene rings is 1. The van der Waals surface area contributed by atoms with Gasteiger partial charge in [-0.25, -0.2) is 9.67 Å². The van der Waals surface area contributed by atoms with Crippen molar-refractivity contribution in [3.8, 4) is 11.3 Å². The van der Waals surface area contributed by atoms with Crippen molar-refractivity contribution in [2.24, 2.45) is 0 Å². The number of hydrogen-bond donors (Lipinski definition) is 1. The van der Waals surface area contributed by atoms with Crippen LogP contribution in [0.5, 0.6) is 0 Å². The van der Waals surface area contributed by atoms with Gasteiger partial charge in [0.1, 0.15) is 16.4 Å². The molecule has 144 valence electrons. The minimum absolute atomic E-state index is 0.0857. The molecule has 0 spiro atoms. The van der Waals surface area contributed by atoms with Crippen molar-refractivity contribution in [2.75, 3.05) is 0 Å². The average molecular weight is 415 g/mol. The summed E-state index contributed by atoms with van der Waals surface area (Å²) < 4.78 is 7.37. The quantitative estimate of drug-likeness (QED) is 0.488. The van der Waals surface area contributed by atoms with Crippen molar-refractivity contribution < 1.29 is 4.42 Å². The summed E-state index contributed by atoms with van der Waals surface area (Å²) in [5.74, 6) is 1.29. The lowest BCUT2D eigenvalue weighted by Gasteiger charge is -2.13. The molecule has 0 saturated heterocycles. The van der Waals surface area contributed by atoms with E-state index in [1.807, 2.05) is 29.1 Å². The van der Waals surface area contributed by atoms with E-state index in [1.54, 1.807) is 6.26 Å². The topological polar surface area (TPSA) is 102 Å². The Morgan fingerprint density at radius 1 is 1.39 bits per heavy atom. The van der Waals surface area contributed by atoms with Crippen LogP contribution < -0.4 is 5.56 Å². The third-order valence-corrected chi connectivity index (χ3v) is 6.98. The molecule has 4 aromatic heterocycles. The molecule has 1 aliphatic carbocycles. The molecule has 4 aromatic rings. The fourth-order valence-corrected chi connectivity index (χ4v) is 5.48. The molecule has 1 N–H and O–H groups in total. The highest BCUT2D eigenvalue weighted by Gasteiger charge is 2.24. The lowest BCUT2D eigenvalue weighted by atomic mass is 10.2. The van der Waals surface area contributed by atoms with Crippen LogP contribution in [0.1, 0.15) is 49.7 Å². The minimum atomic E-state index is -0.157. The van der Waals surface area contributed by atoms with E-state index in [4.69, 9.17) is 9.40 Å². The smallest absolute Gasteiger partial charge is 0.260 e. The van der Waals surface area contributed by atoms with Crippen LogP contribution in [0.3, 0.4) is 0 Å². The van der Waals surface area contributed by atoms with E-state index in [-0.39, 0.29) is 10.8 Å². The van der Waals surface area contributed by atoms with Crippen LogP contribution in [0.25, 0.3) is 21.5 Å². The van der Waals surface area contributed by atoms with Gasteiger partial charge in [-0.15, -0.1) is 16.4 Å². The molecule has 4 heterocycles. The Balaban J connectivity index is 1.45. The molecule has 8 nitrogen and oxygen atoms in total. The Bertz CT molecular complexity index is 1160. The van der Waals surface area contributed by atoms with Crippen LogP contribution in [0.4, 0.5) is 0 Å². The van der Waals surface area contributed by atoms with E-state index >= 15 is 0 Å². The molecule has 0 unspecified atom stereocenters. The van der Waals surface area contributed by atoms with Crippen LogP contribution in [0, 0.1) is 0 Å². The third kappa shape index (κ3) is 3.06. The first-order valence-corrected chi connectivity index (χ1v) is 11.0. The van der Waals surface area contributed by atoms with Crippen molar-refractivity contribution in [3.05, 3.63) is 40.0 Å². The Hall–Kier alpha value is -2.46. The number of aromatic nitrogens is 6. The summed E-state index contributed by atoms with van der Waals surface area (Å²) in [6.07, 6.45) is 6.25. The zero-order valence-electron chi connectivity index (χ0n) is 15.2. The summed E-state index contributed by atoms with van der Waals surface area (Å²) >= 11 is 2.96. The summed E-state index contributed by atoms with van der Waals surface area (Å²) in [5, 5.41) is 15.4. The maximum atomic E-state index is 12.8. The number of aromatic amines is 1. The molecule has 0 bridgehead atoms. The standard InChI is InChI=1S/C18H18N6O2S2/c1-10(28-18-21-22-23-24(18)11-5-2-3-6-11)15-19-16(25)14-12(9-27-17(14)20-15)13-7-4-8-26-13/h4,7-11H,2-3,5-6H2,1H3,(H,19,20,25)/t10-/m1/s1. The molecular formula is C18H18N6O2S2. The van der Waals surface area contributed by atoms with Crippen molar-refractivity contribution >= 4 is 33.3 Å². The van der Waals surface area contributed by atoms with E-state index in [0.717, 1.165) is 23.6 Å². The van der Waals surface area contributed by atoms with Crippen LogP contribution in [0.2, 0.25) is 0 Å². The third-order valence-electron chi connectivity index (χ3n) is 5.05. The summed E-state index contributed by atoms with van der Waals surface area (Å²) in [5.41, 5.74) is 0.617. The van der Waals surface area contributed by atoms with Crippen LogP contribution in [0.15, 0.2) is 38.1 Å². The second-order valence-electron chi connectivity index (χ2n) is 6.86. The molecular weight excluding hydrogens is 396 g/mol. The van der Waals surface area contributed by atoms with Gasteiger partial charge >= 0.3 is 0 Å². The fraction of sp³-hybridized carbons (Fsp3) is 0.389. The molecule has 0 aromatic carbocycles. The number of H-pyrrole nitrogens is 1. The largest absolute Gasteiger partial charge is 0.464 e. The van der Waals surface area contributed by atoms with Gasteiger partial charge in [-0.05, 0) is 42.3 Å². The van der Waals surface area contributed by atoms with E-state index in [1.165, 1.54) is 35.9 Å². The van der Waals surface area contributed by atoms with Gasteiger partial charge in [-0.2, -0.15) is 0 Å². The Morgan fingerprint density at radius 3 is 3.04 bits per heavy atom. The van der Waals surface area contributed by atoms with Gasteiger partial charge in [0.05, 0.1) is 22.9 Å². The van der Waals surface area contributed by atoms with Gasteiger partial charge in [0.15, 0.2) is 0 Å². The zero-order valence-corrected chi connectivity index (χ0v) is 16.8. The lowest BCUT2D eigenvalue weighted by molar-refractivity contribution is 0.422. The normalized spacial score (nSPS) is 16.2. The van der Waals surface area contributed by atoms with E-state index in [2.05, 4.69) is 20.5 Å². The van der Waals surface area contributed by atoms with Crippen LogP contribution in [-0.4, -0.2) is 30.2 Å². The number of nitrogens with zero attached hydrogens (tertiary/aromatic N) is 5. The Labute approximate surface area is 168 Å². The summed E-state index contributed by atoms with van der Waals surface area (Å²) in [6.45, 7) is 2.00. The maximum Gasteiger partial charge on any atom is 0.260 e. The summed E-state index contributed by atoms with van der Waals surface area (Å²) in [6, 6.07) is 4.02. The van der Waals surface area contributed by atoms with Crippen LogP contribution >= 0.6 is 23.1 Å².